The van der Waals surface area contributed by atoms with Crippen molar-refractivity contribution in [2.45, 2.75) is 30.8 Å². The predicted octanol–water partition coefficient (Wildman–Crippen LogP) is 1.52. The number of aromatic nitrogens is 1. The van der Waals surface area contributed by atoms with E-state index in [4.69, 9.17) is 11.6 Å². The molecule has 1 aromatic heterocycles. The van der Waals surface area contributed by atoms with Crippen LogP contribution in [0.1, 0.15) is 19.8 Å². The lowest BCUT2D eigenvalue weighted by atomic mass is 9.93. The molecule has 1 aliphatic rings. The van der Waals surface area contributed by atoms with Crippen molar-refractivity contribution in [2.24, 2.45) is 5.92 Å². The number of aliphatic hydroxyl groups is 1. The monoisotopic (exact) mass is 304 g/mol. The van der Waals surface area contributed by atoms with Gasteiger partial charge in [-0.1, -0.05) is 11.6 Å². The fourth-order valence-corrected chi connectivity index (χ4v) is 4.17. The Morgan fingerprint density at radius 2 is 2.11 bits per heavy atom. The van der Waals surface area contributed by atoms with Gasteiger partial charge in [0.15, 0.2) is 0 Å². The van der Waals surface area contributed by atoms with E-state index in [9.17, 15) is 13.5 Å². The first-order valence-corrected chi connectivity index (χ1v) is 8.02. The molecule has 1 N–H and O–H groups in total. The molecule has 106 valence electrons. The van der Waals surface area contributed by atoms with Crippen LogP contribution in [0.15, 0.2) is 23.4 Å². The van der Waals surface area contributed by atoms with Gasteiger partial charge in [-0.2, -0.15) is 4.31 Å². The summed E-state index contributed by atoms with van der Waals surface area (Å²) in [6.07, 6.45) is 3.66. The molecular formula is C12H17ClN2O3S. The van der Waals surface area contributed by atoms with Gasteiger partial charge in [-0.3, -0.25) is 4.98 Å². The van der Waals surface area contributed by atoms with E-state index < -0.39 is 16.1 Å². The molecule has 0 bridgehead atoms. The van der Waals surface area contributed by atoms with E-state index in [1.165, 1.54) is 22.8 Å². The van der Waals surface area contributed by atoms with Gasteiger partial charge in [0.25, 0.3) is 0 Å². The van der Waals surface area contributed by atoms with E-state index in [0.717, 1.165) is 0 Å². The van der Waals surface area contributed by atoms with Crippen molar-refractivity contribution in [3.8, 4) is 0 Å². The summed E-state index contributed by atoms with van der Waals surface area (Å²) in [5.74, 6) is 0.163. The van der Waals surface area contributed by atoms with Crippen LogP contribution in [0.5, 0.6) is 0 Å². The minimum atomic E-state index is -3.58. The Labute approximate surface area is 118 Å². The molecule has 2 heterocycles. The number of sulfonamides is 1. The molecule has 0 aliphatic carbocycles. The molecule has 1 fully saturated rings. The number of hydrogen-bond donors (Lipinski definition) is 1. The number of nitrogens with zero attached hydrogens (tertiary/aromatic N) is 2. The van der Waals surface area contributed by atoms with Gasteiger partial charge in [0.1, 0.15) is 4.90 Å². The predicted molar refractivity (Wildman–Crippen MR) is 72.4 cm³/mol. The maximum atomic E-state index is 12.4. The summed E-state index contributed by atoms with van der Waals surface area (Å²) in [4.78, 5) is 3.87. The van der Waals surface area contributed by atoms with Crippen LogP contribution in [0.25, 0.3) is 0 Å². The number of halogens is 1. The first kappa shape index (κ1) is 14.7. The Kier molecular flexibility index (Phi) is 4.45. The molecule has 1 atom stereocenters. The lowest BCUT2D eigenvalue weighted by Gasteiger charge is -2.32. The highest BCUT2D eigenvalue weighted by Gasteiger charge is 2.32. The molecular weight excluding hydrogens is 288 g/mol. The van der Waals surface area contributed by atoms with Crippen molar-refractivity contribution in [1.29, 1.82) is 0 Å². The zero-order valence-corrected chi connectivity index (χ0v) is 12.2. The molecule has 0 saturated carbocycles. The van der Waals surface area contributed by atoms with Crippen LogP contribution >= 0.6 is 11.6 Å². The summed E-state index contributed by atoms with van der Waals surface area (Å²) < 4.78 is 26.3. The third-order valence-electron chi connectivity index (χ3n) is 3.53. The lowest BCUT2D eigenvalue weighted by Crippen LogP contribution is -2.40. The summed E-state index contributed by atoms with van der Waals surface area (Å²) in [6, 6.07) is 1.47. The summed E-state index contributed by atoms with van der Waals surface area (Å²) >= 11 is 5.92. The van der Waals surface area contributed by atoms with Crippen molar-refractivity contribution in [3.63, 3.8) is 0 Å². The topological polar surface area (TPSA) is 70.5 Å². The first-order valence-electron chi connectivity index (χ1n) is 6.20. The van der Waals surface area contributed by atoms with E-state index in [1.54, 1.807) is 6.92 Å². The van der Waals surface area contributed by atoms with Gasteiger partial charge in [0, 0.05) is 25.5 Å². The minimum Gasteiger partial charge on any atom is -0.393 e. The van der Waals surface area contributed by atoms with Crippen molar-refractivity contribution in [2.75, 3.05) is 13.1 Å². The van der Waals surface area contributed by atoms with Crippen molar-refractivity contribution in [1.82, 2.24) is 9.29 Å². The van der Waals surface area contributed by atoms with Gasteiger partial charge in [0.05, 0.1) is 11.1 Å². The zero-order valence-electron chi connectivity index (χ0n) is 10.7. The molecule has 5 nitrogen and oxygen atoms in total. The van der Waals surface area contributed by atoms with Crippen LogP contribution in [-0.2, 0) is 10.0 Å². The van der Waals surface area contributed by atoms with Crippen LogP contribution in [-0.4, -0.2) is 42.0 Å². The highest BCUT2D eigenvalue weighted by Crippen LogP contribution is 2.28. The second kappa shape index (κ2) is 5.75. The summed E-state index contributed by atoms with van der Waals surface area (Å²) in [5.41, 5.74) is 0. The molecule has 2 rings (SSSR count). The summed E-state index contributed by atoms with van der Waals surface area (Å²) in [7, 11) is -3.58. The van der Waals surface area contributed by atoms with E-state index in [-0.39, 0.29) is 15.8 Å². The molecule has 0 spiro atoms. The number of hydrogen-bond acceptors (Lipinski definition) is 4. The van der Waals surface area contributed by atoms with Gasteiger partial charge in [0.2, 0.25) is 10.0 Å². The van der Waals surface area contributed by atoms with Gasteiger partial charge in [-0.05, 0) is 31.7 Å². The van der Waals surface area contributed by atoms with Crippen LogP contribution in [0.3, 0.4) is 0 Å². The third kappa shape index (κ3) is 3.08. The SMILES string of the molecule is CC(O)C1CCN(S(=O)(=O)c2cnccc2Cl)CC1. The van der Waals surface area contributed by atoms with Gasteiger partial charge < -0.3 is 5.11 Å². The molecule has 0 aromatic carbocycles. The van der Waals surface area contributed by atoms with Crippen LogP contribution < -0.4 is 0 Å². The van der Waals surface area contributed by atoms with E-state index in [0.29, 0.717) is 25.9 Å². The van der Waals surface area contributed by atoms with Crippen LogP contribution in [0.2, 0.25) is 5.02 Å². The Bertz CT molecular complexity index is 540. The zero-order chi connectivity index (χ0) is 14.0. The van der Waals surface area contributed by atoms with Gasteiger partial charge in [-0.25, -0.2) is 8.42 Å². The Hall–Kier alpha value is -0.690. The second-order valence-corrected chi connectivity index (χ2v) is 7.10. The van der Waals surface area contributed by atoms with Crippen molar-refractivity contribution < 1.29 is 13.5 Å². The average Bonchev–Trinajstić information content (AvgIpc) is 2.39. The minimum absolute atomic E-state index is 0.0483. The highest BCUT2D eigenvalue weighted by atomic mass is 35.5. The number of aliphatic hydroxyl groups excluding tert-OH is 1. The van der Waals surface area contributed by atoms with Crippen molar-refractivity contribution >= 4 is 21.6 Å². The smallest absolute Gasteiger partial charge is 0.246 e. The maximum absolute atomic E-state index is 12.4. The molecule has 7 heteroatoms. The average molecular weight is 305 g/mol. The first-order chi connectivity index (χ1) is 8.93. The number of rotatable bonds is 3. The second-order valence-electron chi connectivity index (χ2n) is 4.79. The normalized spacial score (nSPS) is 20.4. The van der Waals surface area contributed by atoms with Crippen LogP contribution in [0, 0.1) is 5.92 Å². The summed E-state index contributed by atoms with van der Waals surface area (Å²) in [6.45, 7) is 2.55. The molecule has 1 aromatic rings. The Morgan fingerprint density at radius 1 is 1.47 bits per heavy atom. The standard InChI is InChI=1S/C12H17ClN2O3S/c1-9(16)10-3-6-15(7-4-10)19(17,18)12-8-14-5-2-11(12)13/h2,5,8-10,16H,3-4,6-7H2,1H3. The molecule has 1 unspecified atom stereocenters. The van der Waals surface area contributed by atoms with Crippen molar-refractivity contribution in [3.05, 3.63) is 23.5 Å². The molecule has 19 heavy (non-hydrogen) atoms. The Balaban J connectivity index is 2.17. The molecule has 1 aliphatic heterocycles. The van der Waals surface area contributed by atoms with Gasteiger partial charge in [-0.15, -0.1) is 0 Å². The number of piperidine rings is 1. The molecule has 1 saturated heterocycles. The van der Waals surface area contributed by atoms with E-state index >= 15 is 0 Å². The Morgan fingerprint density at radius 3 is 2.63 bits per heavy atom. The molecule has 0 amide bonds. The van der Waals surface area contributed by atoms with Crippen LogP contribution in [0.4, 0.5) is 0 Å². The summed E-state index contributed by atoms with van der Waals surface area (Å²) in [5, 5.41) is 9.72. The largest absolute Gasteiger partial charge is 0.393 e. The fraction of sp³-hybridized carbons (Fsp3) is 0.583. The maximum Gasteiger partial charge on any atom is 0.246 e. The fourth-order valence-electron chi connectivity index (χ4n) is 2.29. The number of pyridine rings is 1. The highest BCUT2D eigenvalue weighted by molar-refractivity contribution is 7.89. The van der Waals surface area contributed by atoms with Gasteiger partial charge >= 0.3 is 0 Å². The molecule has 0 radical (unpaired) electrons. The quantitative estimate of drug-likeness (QED) is 0.919. The third-order valence-corrected chi connectivity index (χ3v) is 5.90. The lowest BCUT2D eigenvalue weighted by molar-refractivity contribution is 0.0912. The van der Waals surface area contributed by atoms with E-state index in [1.807, 2.05) is 0 Å². The van der Waals surface area contributed by atoms with E-state index in [2.05, 4.69) is 4.98 Å².